The minimum Gasteiger partial charge on any atom is -0.497 e. The van der Waals surface area contributed by atoms with Crippen molar-refractivity contribution >= 4 is 17.6 Å². The van der Waals surface area contributed by atoms with Gasteiger partial charge in [-0.1, -0.05) is 43.7 Å². The van der Waals surface area contributed by atoms with Crippen LogP contribution in [0.5, 0.6) is 5.75 Å². The number of hydrogen-bond donors (Lipinski definition) is 2. The summed E-state index contributed by atoms with van der Waals surface area (Å²) in [6.07, 6.45) is 1.67. The van der Waals surface area contributed by atoms with Gasteiger partial charge in [0.15, 0.2) is 11.6 Å². The van der Waals surface area contributed by atoms with Crippen molar-refractivity contribution in [2.24, 2.45) is 11.7 Å². The zero-order valence-electron chi connectivity index (χ0n) is 22.7. The lowest BCUT2D eigenvalue weighted by atomic mass is 9.83. The zero-order chi connectivity index (χ0) is 28.8. The van der Waals surface area contributed by atoms with E-state index in [1.54, 1.807) is 36.3 Å². The molecule has 3 atom stereocenters. The lowest BCUT2D eigenvalue weighted by Crippen LogP contribution is -2.41. The van der Waals surface area contributed by atoms with Crippen molar-refractivity contribution in [3.05, 3.63) is 95.1 Å². The number of carboxylic acids is 1. The summed E-state index contributed by atoms with van der Waals surface area (Å²) in [5.41, 5.74) is 8.53. The number of likely N-dealkylation sites (tertiary alicyclic amines) is 1. The molecule has 3 aromatic carbocycles. The standard InChI is InChI=1S/C31H35F2N3O4/c1-3-4-14-36(23-7-5-6-20(15-23)17-34)28(37)19-35-18-25(22-10-13-26(32)27(33)16-22)29(31(38)39)30(35)21-8-11-24(40-2)12-9-21/h5-13,15-16,25,29-30H,3-4,14,17-19,34H2,1-2H3,(H,38,39). The topological polar surface area (TPSA) is 96.1 Å². The first-order valence-electron chi connectivity index (χ1n) is 13.4. The van der Waals surface area contributed by atoms with Gasteiger partial charge in [0.2, 0.25) is 5.91 Å². The normalized spacial score (nSPS) is 19.0. The highest BCUT2D eigenvalue weighted by Crippen LogP contribution is 2.46. The molecule has 4 rings (SSSR count). The molecule has 3 N–H and O–H groups in total. The van der Waals surface area contributed by atoms with Gasteiger partial charge in [0, 0.05) is 37.3 Å². The number of carbonyl (C=O) groups excluding carboxylic acids is 1. The summed E-state index contributed by atoms with van der Waals surface area (Å²) in [6, 6.07) is 17.4. The number of aliphatic carboxylic acids is 1. The van der Waals surface area contributed by atoms with Crippen LogP contribution in [0.15, 0.2) is 66.7 Å². The van der Waals surface area contributed by atoms with Gasteiger partial charge < -0.3 is 20.5 Å². The largest absolute Gasteiger partial charge is 0.497 e. The van der Waals surface area contributed by atoms with E-state index in [2.05, 4.69) is 0 Å². The number of methoxy groups -OCH3 is 1. The van der Waals surface area contributed by atoms with Gasteiger partial charge in [-0.15, -0.1) is 0 Å². The van der Waals surface area contributed by atoms with Crippen LogP contribution in [0.4, 0.5) is 14.5 Å². The van der Waals surface area contributed by atoms with Crippen LogP contribution in [0.25, 0.3) is 0 Å². The van der Waals surface area contributed by atoms with Crippen LogP contribution in [-0.4, -0.2) is 48.6 Å². The molecule has 9 heteroatoms. The second-order valence-electron chi connectivity index (χ2n) is 10.1. The number of anilines is 1. The number of ether oxygens (including phenoxy) is 1. The number of amides is 1. The van der Waals surface area contributed by atoms with Gasteiger partial charge in [-0.25, -0.2) is 8.78 Å². The molecule has 7 nitrogen and oxygen atoms in total. The van der Waals surface area contributed by atoms with Crippen LogP contribution in [0, 0.1) is 17.6 Å². The highest BCUT2D eigenvalue weighted by Gasteiger charge is 2.48. The molecular weight excluding hydrogens is 516 g/mol. The minimum absolute atomic E-state index is 0.0583. The maximum atomic E-state index is 14.2. The van der Waals surface area contributed by atoms with E-state index < -0.39 is 35.5 Å². The van der Waals surface area contributed by atoms with Crippen LogP contribution in [-0.2, 0) is 16.1 Å². The second-order valence-corrected chi connectivity index (χ2v) is 10.1. The number of rotatable bonds is 11. The van der Waals surface area contributed by atoms with Gasteiger partial charge >= 0.3 is 5.97 Å². The van der Waals surface area contributed by atoms with E-state index in [9.17, 15) is 23.5 Å². The van der Waals surface area contributed by atoms with Gasteiger partial charge in [0.05, 0.1) is 19.6 Å². The molecule has 3 unspecified atom stereocenters. The van der Waals surface area contributed by atoms with Crippen LogP contribution in [0.3, 0.4) is 0 Å². The summed E-state index contributed by atoms with van der Waals surface area (Å²) in [4.78, 5) is 30.1. The van der Waals surface area contributed by atoms with Gasteiger partial charge in [-0.2, -0.15) is 0 Å². The Balaban J connectivity index is 1.73. The summed E-state index contributed by atoms with van der Waals surface area (Å²) in [5.74, 6) is -4.37. The second kappa shape index (κ2) is 13.0. The molecule has 212 valence electrons. The Morgan fingerprint density at radius 2 is 1.77 bits per heavy atom. The molecule has 0 saturated carbocycles. The maximum absolute atomic E-state index is 14.2. The van der Waals surface area contributed by atoms with Crippen molar-refractivity contribution in [2.45, 2.75) is 38.3 Å². The average Bonchev–Trinajstić information content (AvgIpc) is 3.34. The van der Waals surface area contributed by atoms with Crippen LogP contribution in [0.1, 0.15) is 48.4 Å². The third-order valence-corrected chi connectivity index (χ3v) is 7.55. The fourth-order valence-electron chi connectivity index (χ4n) is 5.50. The number of nitrogens with two attached hydrogens (primary N) is 1. The predicted octanol–water partition coefficient (Wildman–Crippen LogP) is 5.11. The Kier molecular flexibility index (Phi) is 9.50. The molecule has 0 radical (unpaired) electrons. The lowest BCUT2D eigenvalue weighted by molar-refractivity contribution is -0.143. The van der Waals surface area contributed by atoms with Crippen molar-refractivity contribution in [2.75, 3.05) is 31.6 Å². The summed E-state index contributed by atoms with van der Waals surface area (Å²) in [5, 5.41) is 10.4. The molecule has 1 aliphatic rings. The molecule has 1 fully saturated rings. The van der Waals surface area contributed by atoms with Crippen LogP contribution in [0.2, 0.25) is 0 Å². The van der Waals surface area contributed by atoms with Crippen molar-refractivity contribution in [1.29, 1.82) is 0 Å². The number of benzene rings is 3. The lowest BCUT2D eigenvalue weighted by Gasteiger charge is -2.30. The maximum Gasteiger partial charge on any atom is 0.309 e. The quantitative estimate of drug-likeness (QED) is 0.344. The first kappa shape index (κ1) is 29.2. The minimum atomic E-state index is -1.08. The number of halogens is 2. The molecule has 1 heterocycles. The summed E-state index contributed by atoms with van der Waals surface area (Å²) >= 11 is 0. The summed E-state index contributed by atoms with van der Waals surface area (Å²) in [6.45, 7) is 3.00. The fraction of sp³-hybridized carbons (Fsp3) is 0.355. The molecule has 1 saturated heterocycles. The number of carboxylic acid groups (broad SMARTS) is 1. The monoisotopic (exact) mass is 551 g/mol. The smallest absolute Gasteiger partial charge is 0.309 e. The van der Waals surface area contributed by atoms with Gasteiger partial charge in [-0.05, 0) is 59.5 Å². The molecule has 0 bridgehead atoms. The van der Waals surface area contributed by atoms with Crippen molar-refractivity contribution < 1.29 is 28.2 Å². The first-order chi connectivity index (χ1) is 19.3. The highest BCUT2D eigenvalue weighted by atomic mass is 19.2. The predicted molar refractivity (Wildman–Crippen MR) is 149 cm³/mol. The number of carbonyl (C=O) groups is 2. The highest BCUT2D eigenvalue weighted by molar-refractivity contribution is 5.95. The molecular formula is C31H35F2N3O4. The van der Waals surface area contributed by atoms with E-state index in [1.807, 2.05) is 36.1 Å². The fourth-order valence-corrected chi connectivity index (χ4v) is 5.50. The third kappa shape index (κ3) is 6.32. The molecule has 0 aromatic heterocycles. The van der Waals surface area contributed by atoms with Gasteiger partial charge in [0.25, 0.3) is 0 Å². The van der Waals surface area contributed by atoms with E-state index in [4.69, 9.17) is 10.5 Å². The third-order valence-electron chi connectivity index (χ3n) is 7.55. The van der Waals surface area contributed by atoms with Crippen molar-refractivity contribution in [1.82, 2.24) is 4.90 Å². The van der Waals surface area contributed by atoms with E-state index in [1.165, 1.54) is 6.07 Å². The Morgan fingerprint density at radius 3 is 2.40 bits per heavy atom. The van der Waals surface area contributed by atoms with Crippen molar-refractivity contribution in [3.8, 4) is 5.75 Å². The number of hydrogen-bond acceptors (Lipinski definition) is 5. The SMILES string of the molecule is CCCCN(C(=O)CN1CC(c2ccc(F)c(F)c2)C(C(=O)O)C1c1ccc(OC)cc1)c1cccc(CN)c1. The average molecular weight is 552 g/mol. The Hall–Kier alpha value is -3.82. The molecule has 0 spiro atoms. The van der Waals surface area contributed by atoms with Gasteiger partial charge in [-0.3, -0.25) is 14.5 Å². The molecule has 1 aliphatic heterocycles. The molecule has 0 aliphatic carbocycles. The van der Waals surface area contributed by atoms with Crippen molar-refractivity contribution in [3.63, 3.8) is 0 Å². The van der Waals surface area contributed by atoms with E-state index in [0.717, 1.165) is 36.2 Å². The Morgan fingerprint density at radius 1 is 1.05 bits per heavy atom. The summed E-state index contributed by atoms with van der Waals surface area (Å²) < 4.78 is 33.2. The van der Waals surface area contributed by atoms with E-state index >= 15 is 0 Å². The van der Waals surface area contributed by atoms with E-state index in [0.29, 0.717) is 30.0 Å². The van der Waals surface area contributed by atoms with E-state index in [-0.39, 0.29) is 19.0 Å². The Bertz CT molecular complexity index is 1330. The van der Waals surface area contributed by atoms with Crippen LogP contribution >= 0.6 is 0 Å². The van der Waals surface area contributed by atoms with Crippen LogP contribution < -0.4 is 15.4 Å². The summed E-state index contributed by atoms with van der Waals surface area (Å²) in [7, 11) is 1.54. The Labute approximate surface area is 233 Å². The zero-order valence-corrected chi connectivity index (χ0v) is 22.7. The number of unbranched alkanes of at least 4 members (excludes halogenated alkanes) is 1. The molecule has 1 amide bonds. The number of nitrogens with zero attached hydrogens (tertiary/aromatic N) is 2. The molecule has 40 heavy (non-hydrogen) atoms. The first-order valence-corrected chi connectivity index (χ1v) is 13.4. The molecule has 3 aromatic rings. The van der Waals surface area contributed by atoms with Gasteiger partial charge in [0.1, 0.15) is 5.75 Å².